The SMILES string of the molecule is O=C(O)/C=C\C(=O)Nc1ccc(S)cc1. The van der Waals surface area contributed by atoms with Gasteiger partial charge in [-0.05, 0) is 24.3 Å². The van der Waals surface area contributed by atoms with Gasteiger partial charge in [-0.25, -0.2) is 4.79 Å². The molecule has 1 rings (SSSR count). The number of rotatable bonds is 3. The van der Waals surface area contributed by atoms with Gasteiger partial charge in [0.15, 0.2) is 0 Å². The van der Waals surface area contributed by atoms with Gasteiger partial charge in [-0.2, -0.15) is 0 Å². The lowest BCUT2D eigenvalue weighted by Gasteiger charge is -2.01. The molecular formula is C10H9NO3S. The number of hydrogen-bond acceptors (Lipinski definition) is 3. The predicted molar refractivity (Wildman–Crippen MR) is 59.1 cm³/mol. The minimum Gasteiger partial charge on any atom is -0.478 e. The number of nitrogens with one attached hydrogen (secondary N) is 1. The van der Waals surface area contributed by atoms with Gasteiger partial charge in [0.05, 0.1) is 0 Å². The van der Waals surface area contributed by atoms with Crippen molar-refractivity contribution >= 4 is 30.2 Å². The summed E-state index contributed by atoms with van der Waals surface area (Å²) in [6, 6.07) is 6.79. The normalized spacial score (nSPS) is 10.2. The van der Waals surface area contributed by atoms with Crippen LogP contribution in [-0.2, 0) is 9.59 Å². The van der Waals surface area contributed by atoms with Crippen molar-refractivity contribution in [2.75, 3.05) is 5.32 Å². The van der Waals surface area contributed by atoms with Crippen molar-refractivity contribution in [1.82, 2.24) is 0 Å². The maximum absolute atomic E-state index is 11.1. The summed E-state index contributed by atoms with van der Waals surface area (Å²) in [5.74, 6) is -1.64. The summed E-state index contributed by atoms with van der Waals surface area (Å²) in [4.78, 5) is 22.0. The molecule has 15 heavy (non-hydrogen) atoms. The van der Waals surface area contributed by atoms with Crippen molar-refractivity contribution in [2.45, 2.75) is 4.90 Å². The minimum absolute atomic E-state index is 0.482. The van der Waals surface area contributed by atoms with Gasteiger partial charge in [-0.1, -0.05) is 0 Å². The monoisotopic (exact) mass is 223 g/mol. The Kier molecular flexibility index (Phi) is 3.93. The Balaban J connectivity index is 2.59. The van der Waals surface area contributed by atoms with Gasteiger partial charge in [0.1, 0.15) is 0 Å². The summed E-state index contributed by atoms with van der Waals surface area (Å²) in [5, 5.41) is 10.8. The van der Waals surface area contributed by atoms with Crippen molar-refractivity contribution in [3.05, 3.63) is 36.4 Å². The molecule has 1 aromatic carbocycles. The number of carbonyl (C=O) groups excluding carboxylic acids is 1. The summed E-state index contributed by atoms with van der Waals surface area (Å²) in [7, 11) is 0. The third kappa shape index (κ3) is 4.33. The molecule has 5 heteroatoms. The van der Waals surface area contributed by atoms with Crippen LogP contribution in [0.15, 0.2) is 41.3 Å². The van der Waals surface area contributed by atoms with Crippen molar-refractivity contribution in [3.8, 4) is 0 Å². The Morgan fingerprint density at radius 2 is 1.80 bits per heavy atom. The highest BCUT2D eigenvalue weighted by molar-refractivity contribution is 7.80. The molecule has 0 atom stereocenters. The van der Waals surface area contributed by atoms with Crippen LogP contribution < -0.4 is 5.32 Å². The van der Waals surface area contributed by atoms with Gasteiger partial charge in [0.2, 0.25) is 5.91 Å². The zero-order valence-corrected chi connectivity index (χ0v) is 8.57. The van der Waals surface area contributed by atoms with Gasteiger partial charge in [0.25, 0.3) is 0 Å². The molecule has 0 aliphatic carbocycles. The Hall–Kier alpha value is -1.75. The van der Waals surface area contributed by atoms with E-state index in [-0.39, 0.29) is 0 Å². The second-order valence-corrected chi connectivity index (χ2v) is 3.22. The first-order valence-corrected chi connectivity index (χ1v) is 4.53. The zero-order chi connectivity index (χ0) is 11.3. The van der Waals surface area contributed by atoms with Gasteiger partial charge in [-0.15, -0.1) is 12.6 Å². The van der Waals surface area contributed by atoms with E-state index >= 15 is 0 Å². The van der Waals surface area contributed by atoms with E-state index in [1.807, 2.05) is 0 Å². The highest BCUT2D eigenvalue weighted by atomic mass is 32.1. The maximum Gasteiger partial charge on any atom is 0.328 e. The average Bonchev–Trinajstić information content (AvgIpc) is 2.19. The first-order chi connectivity index (χ1) is 7.08. The molecule has 0 radical (unpaired) electrons. The standard InChI is InChI=1S/C10H9NO3S/c12-9(5-6-10(13)14)11-7-1-3-8(15)4-2-7/h1-6,15H,(H,11,12)(H,13,14)/b6-5-. The second kappa shape index (κ2) is 5.21. The van der Waals surface area contributed by atoms with Crippen LogP contribution in [0.4, 0.5) is 5.69 Å². The maximum atomic E-state index is 11.1. The number of benzene rings is 1. The zero-order valence-electron chi connectivity index (χ0n) is 7.68. The predicted octanol–water partition coefficient (Wildman–Crippen LogP) is 1.55. The molecule has 78 valence electrons. The van der Waals surface area contributed by atoms with E-state index in [9.17, 15) is 9.59 Å². The molecule has 4 nitrogen and oxygen atoms in total. The largest absolute Gasteiger partial charge is 0.478 e. The lowest BCUT2D eigenvalue weighted by molar-refractivity contribution is -0.131. The van der Waals surface area contributed by atoms with Crippen LogP contribution in [-0.4, -0.2) is 17.0 Å². The Labute approximate surface area is 92.0 Å². The molecule has 2 N–H and O–H groups in total. The molecule has 0 bridgehead atoms. The van der Waals surface area contributed by atoms with Crippen molar-refractivity contribution < 1.29 is 14.7 Å². The highest BCUT2D eigenvalue weighted by Crippen LogP contribution is 2.11. The van der Waals surface area contributed by atoms with Gasteiger partial charge >= 0.3 is 5.97 Å². The van der Waals surface area contributed by atoms with Gasteiger partial charge < -0.3 is 10.4 Å². The van der Waals surface area contributed by atoms with Crippen LogP contribution in [0.25, 0.3) is 0 Å². The Morgan fingerprint density at radius 3 is 2.33 bits per heavy atom. The van der Waals surface area contributed by atoms with Crippen LogP contribution in [0, 0.1) is 0 Å². The first kappa shape index (κ1) is 11.3. The van der Waals surface area contributed by atoms with E-state index in [4.69, 9.17) is 5.11 Å². The second-order valence-electron chi connectivity index (χ2n) is 2.71. The first-order valence-electron chi connectivity index (χ1n) is 4.09. The fourth-order valence-corrected chi connectivity index (χ4v) is 1.02. The summed E-state index contributed by atoms with van der Waals surface area (Å²) in [6.45, 7) is 0. The van der Waals surface area contributed by atoms with Crippen molar-refractivity contribution in [2.24, 2.45) is 0 Å². The molecule has 0 fully saturated rings. The number of amides is 1. The van der Waals surface area contributed by atoms with Gasteiger partial charge in [0, 0.05) is 22.7 Å². The summed E-state index contributed by atoms with van der Waals surface area (Å²) >= 11 is 4.09. The van der Waals surface area contributed by atoms with Crippen molar-refractivity contribution in [1.29, 1.82) is 0 Å². The number of aliphatic carboxylic acids is 1. The number of thiol groups is 1. The summed E-state index contributed by atoms with van der Waals surface area (Å²) in [5.41, 5.74) is 0.591. The number of carbonyl (C=O) groups is 2. The van der Waals surface area contributed by atoms with E-state index in [1.165, 1.54) is 0 Å². The Morgan fingerprint density at radius 1 is 1.20 bits per heavy atom. The number of carboxylic acids is 1. The van der Waals surface area contributed by atoms with Gasteiger partial charge in [-0.3, -0.25) is 4.79 Å². The minimum atomic E-state index is -1.16. The summed E-state index contributed by atoms with van der Waals surface area (Å²) in [6.07, 6.45) is 1.74. The number of hydrogen-bond donors (Lipinski definition) is 3. The molecule has 1 aromatic rings. The summed E-state index contributed by atoms with van der Waals surface area (Å²) < 4.78 is 0. The smallest absolute Gasteiger partial charge is 0.328 e. The molecule has 0 spiro atoms. The highest BCUT2D eigenvalue weighted by Gasteiger charge is 1.97. The molecule has 0 saturated heterocycles. The lowest BCUT2D eigenvalue weighted by Crippen LogP contribution is -2.08. The van der Waals surface area contributed by atoms with E-state index in [1.54, 1.807) is 24.3 Å². The van der Waals surface area contributed by atoms with Crippen LogP contribution >= 0.6 is 12.6 Å². The molecular weight excluding hydrogens is 214 g/mol. The third-order valence-corrected chi connectivity index (χ3v) is 1.81. The van der Waals surface area contributed by atoms with Crippen LogP contribution in [0.2, 0.25) is 0 Å². The van der Waals surface area contributed by atoms with E-state index in [0.29, 0.717) is 5.69 Å². The molecule has 0 aliphatic heterocycles. The van der Waals surface area contributed by atoms with Crippen LogP contribution in [0.1, 0.15) is 0 Å². The van der Waals surface area contributed by atoms with Crippen LogP contribution in [0.3, 0.4) is 0 Å². The molecule has 0 aliphatic rings. The van der Waals surface area contributed by atoms with E-state index in [0.717, 1.165) is 17.0 Å². The van der Waals surface area contributed by atoms with E-state index in [2.05, 4.69) is 17.9 Å². The third-order valence-electron chi connectivity index (χ3n) is 1.51. The topological polar surface area (TPSA) is 66.4 Å². The lowest BCUT2D eigenvalue weighted by atomic mass is 10.3. The fraction of sp³-hybridized carbons (Fsp3) is 0. The molecule has 1 amide bonds. The van der Waals surface area contributed by atoms with Crippen LogP contribution in [0.5, 0.6) is 0 Å². The quantitative estimate of drug-likeness (QED) is 0.538. The fourth-order valence-electron chi connectivity index (χ4n) is 0.876. The Bertz CT molecular complexity index is 398. The van der Waals surface area contributed by atoms with E-state index < -0.39 is 11.9 Å². The molecule has 0 unspecified atom stereocenters. The number of carboxylic acid groups (broad SMARTS) is 1. The average molecular weight is 223 g/mol. The molecule has 0 heterocycles. The molecule has 0 aromatic heterocycles. The molecule has 0 saturated carbocycles. The number of anilines is 1. The van der Waals surface area contributed by atoms with Crippen molar-refractivity contribution in [3.63, 3.8) is 0 Å².